The summed E-state index contributed by atoms with van der Waals surface area (Å²) in [5, 5.41) is 0. The van der Waals surface area contributed by atoms with E-state index < -0.39 is 5.41 Å². The second-order valence-electron chi connectivity index (χ2n) is 5.33. The summed E-state index contributed by atoms with van der Waals surface area (Å²) in [6.45, 7) is 9.54. The predicted octanol–water partition coefficient (Wildman–Crippen LogP) is 4.19. The van der Waals surface area contributed by atoms with E-state index in [1.807, 2.05) is 34.6 Å². The van der Waals surface area contributed by atoms with Crippen molar-refractivity contribution in [2.75, 3.05) is 0 Å². The van der Waals surface area contributed by atoms with Crippen molar-refractivity contribution in [3.8, 4) is 5.75 Å². The van der Waals surface area contributed by atoms with Crippen LogP contribution < -0.4 is 4.74 Å². The standard InChI is InChI=1S/C14H19IO2/c1-9-6-11(8-15)7-10(2)12(9)17-13(16)14(3,4)5/h6-7H,8H2,1-5H3. The van der Waals surface area contributed by atoms with Gasteiger partial charge in [0.1, 0.15) is 5.75 Å². The maximum absolute atomic E-state index is 11.9. The first kappa shape index (κ1) is 14.5. The molecule has 0 fully saturated rings. The summed E-state index contributed by atoms with van der Waals surface area (Å²) in [5.74, 6) is 0.518. The number of alkyl halides is 1. The van der Waals surface area contributed by atoms with Gasteiger partial charge < -0.3 is 4.74 Å². The normalized spacial score (nSPS) is 11.4. The van der Waals surface area contributed by atoms with Crippen molar-refractivity contribution < 1.29 is 9.53 Å². The molecule has 0 spiro atoms. The molecule has 1 aromatic rings. The highest BCUT2D eigenvalue weighted by Gasteiger charge is 2.24. The van der Waals surface area contributed by atoms with Crippen LogP contribution in [0.1, 0.15) is 37.5 Å². The Bertz CT molecular complexity index is 407. The molecular formula is C14H19IO2. The Morgan fingerprint density at radius 1 is 1.24 bits per heavy atom. The van der Waals surface area contributed by atoms with Gasteiger partial charge in [0.2, 0.25) is 0 Å². The van der Waals surface area contributed by atoms with Gasteiger partial charge in [-0.2, -0.15) is 0 Å². The van der Waals surface area contributed by atoms with Crippen LogP contribution in [-0.4, -0.2) is 5.97 Å². The predicted molar refractivity (Wildman–Crippen MR) is 78.7 cm³/mol. The van der Waals surface area contributed by atoms with Crippen LogP contribution in [0.25, 0.3) is 0 Å². The Balaban J connectivity index is 3.04. The molecule has 0 aliphatic rings. The summed E-state index contributed by atoms with van der Waals surface area (Å²) in [5.41, 5.74) is 2.83. The van der Waals surface area contributed by atoms with Crippen molar-refractivity contribution >= 4 is 28.6 Å². The van der Waals surface area contributed by atoms with Crippen LogP contribution in [0, 0.1) is 19.3 Å². The van der Waals surface area contributed by atoms with Gasteiger partial charge >= 0.3 is 5.97 Å². The monoisotopic (exact) mass is 346 g/mol. The summed E-state index contributed by atoms with van der Waals surface area (Å²) in [6, 6.07) is 4.15. The van der Waals surface area contributed by atoms with Crippen molar-refractivity contribution in [1.29, 1.82) is 0 Å². The highest BCUT2D eigenvalue weighted by Crippen LogP contribution is 2.28. The first-order valence-electron chi connectivity index (χ1n) is 5.64. The number of carbonyl (C=O) groups is 1. The zero-order valence-corrected chi connectivity index (χ0v) is 13.2. The maximum Gasteiger partial charge on any atom is 0.316 e. The summed E-state index contributed by atoms with van der Waals surface area (Å²) < 4.78 is 6.46. The van der Waals surface area contributed by atoms with E-state index in [1.165, 1.54) is 5.56 Å². The third-order valence-electron chi connectivity index (χ3n) is 2.48. The molecule has 0 atom stereocenters. The van der Waals surface area contributed by atoms with Gasteiger partial charge in [-0.25, -0.2) is 0 Å². The van der Waals surface area contributed by atoms with Crippen LogP contribution in [0.3, 0.4) is 0 Å². The van der Waals surface area contributed by atoms with E-state index in [0.29, 0.717) is 5.75 Å². The van der Waals surface area contributed by atoms with Gasteiger partial charge in [-0.05, 0) is 51.3 Å². The van der Waals surface area contributed by atoms with Crippen molar-refractivity contribution in [2.24, 2.45) is 5.41 Å². The number of hydrogen-bond donors (Lipinski definition) is 0. The summed E-state index contributed by atoms with van der Waals surface area (Å²) in [7, 11) is 0. The molecule has 0 N–H and O–H groups in total. The molecule has 0 aliphatic heterocycles. The van der Waals surface area contributed by atoms with Crippen LogP contribution in [0.5, 0.6) is 5.75 Å². The number of carbonyl (C=O) groups excluding carboxylic acids is 1. The molecule has 0 saturated carbocycles. The molecule has 2 nitrogen and oxygen atoms in total. The topological polar surface area (TPSA) is 26.3 Å². The minimum absolute atomic E-state index is 0.189. The third-order valence-corrected chi connectivity index (χ3v) is 3.36. The molecule has 1 aromatic carbocycles. The molecule has 94 valence electrons. The zero-order chi connectivity index (χ0) is 13.2. The minimum Gasteiger partial charge on any atom is -0.426 e. The Morgan fingerprint density at radius 2 is 1.71 bits per heavy atom. The lowest BCUT2D eigenvalue weighted by molar-refractivity contribution is -0.143. The molecule has 17 heavy (non-hydrogen) atoms. The number of hydrogen-bond acceptors (Lipinski definition) is 2. The van der Waals surface area contributed by atoms with Crippen LogP contribution in [-0.2, 0) is 9.22 Å². The molecule has 0 saturated heterocycles. The second-order valence-corrected chi connectivity index (χ2v) is 6.09. The van der Waals surface area contributed by atoms with Gasteiger partial charge in [0.15, 0.2) is 0 Å². The average molecular weight is 346 g/mol. The van der Waals surface area contributed by atoms with Gasteiger partial charge in [-0.15, -0.1) is 0 Å². The van der Waals surface area contributed by atoms with E-state index in [-0.39, 0.29) is 5.97 Å². The van der Waals surface area contributed by atoms with Gasteiger partial charge in [0.25, 0.3) is 0 Å². The maximum atomic E-state index is 11.9. The first-order chi connectivity index (χ1) is 7.75. The van der Waals surface area contributed by atoms with Crippen molar-refractivity contribution in [3.63, 3.8) is 0 Å². The Hall–Kier alpha value is -0.580. The van der Waals surface area contributed by atoms with Crippen LogP contribution in [0.2, 0.25) is 0 Å². The fraction of sp³-hybridized carbons (Fsp3) is 0.500. The number of halogens is 1. The molecule has 0 aromatic heterocycles. The van der Waals surface area contributed by atoms with Crippen molar-refractivity contribution in [2.45, 2.75) is 39.0 Å². The number of rotatable bonds is 2. The first-order valence-corrected chi connectivity index (χ1v) is 7.16. The zero-order valence-electron chi connectivity index (χ0n) is 11.1. The van der Waals surface area contributed by atoms with Gasteiger partial charge in [-0.3, -0.25) is 4.79 Å². The van der Waals surface area contributed by atoms with E-state index in [2.05, 4.69) is 34.7 Å². The molecule has 0 heterocycles. The lowest BCUT2D eigenvalue weighted by Crippen LogP contribution is -2.26. The Labute approximate surface area is 117 Å². The molecular weight excluding hydrogens is 327 g/mol. The second kappa shape index (κ2) is 5.38. The average Bonchev–Trinajstić information content (AvgIpc) is 2.21. The van der Waals surface area contributed by atoms with Crippen LogP contribution in [0.4, 0.5) is 0 Å². The van der Waals surface area contributed by atoms with Gasteiger partial charge in [-0.1, -0.05) is 34.7 Å². The third kappa shape index (κ3) is 3.69. The summed E-state index contributed by atoms with van der Waals surface area (Å²) in [4.78, 5) is 11.9. The lowest BCUT2D eigenvalue weighted by atomic mass is 9.97. The Kier molecular flexibility index (Phi) is 4.58. The smallest absolute Gasteiger partial charge is 0.316 e. The van der Waals surface area contributed by atoms with Crippen molar-refractivity contribution in [1.82, 2.24) is 0 Å². The molecule has 0 amide bonds. The summed E-state index contributed by atoms with van der Waals surface area (Å²) in [6.07, 6.45) is 0. The fourth-order valence-electron chi connectivity index (χ4n) is 1.52. The summed E-state index contributed by atoms with van der Waals surface area (Å²) >= 11 is 2.33. The molecule has 0 bridgehead atoms. The van der Waals surface area contributed by atoms with Crippen molar-refractivity contribution in [3.05, 3.63) is 28.8 Å². The molecule has 0 radical (unpaired) electrons. The van der Waals surface area contributed by atoms with E-state index in [9.17, 15) is 4.79 Å². The number of esters is 1. The number of benzene rings is 1. The molecule has 0 aliphatic carbocycles. The molecule has 3 heteroatoms. The minimum atomic E-state index is -0.471. The fourth-order valence-corrected chi connectivity index (χ4v) is 1.96. The number of ether oxygens (including phenoxy) is 1. The Morgan fingerprint density at radius 3 is 2.06 bits per heavy atom. The van der Waals surface area contributed by atoms with E-state index in [4.69, 9.17) is 4.74 Å². The quantitative estimate of drug-likeness (QED) is 0.347. The van der Waals surface area contributed by atoms with E-state index in [1.54, 1.807) is 0 Å². The lowest BCUT2D eigenvalue weighted by Gasteiger charge is -2.19. The van der Waals surface area contributed by atoms with Crippen LogP contribution in [0.15, 0.2) is 12.1 Å². The van der Waals surface area contributed by atoms with Gasteiger partial charge in [0.05, 0.1) is 5.41 Å². The highest BCUT2D eigenvalue weighted by atomic mass is 127. The largest absolute Gasteiger partial charge is 0.426 e. The van der Waals surface area contributed by atoms with Crippen LogP contribution >= 0.6 is 22.6 Å². The van der Waals surface area contributed by atoms with E-state index >= 15 is 0 Å². The highest BCUT2D eigenvalue weighted by molar-refractivity contribution is 14.1. The molecule has 0 unspecified atom stereocenters. The van der Waals surface area contributed by atoms with E-state index in [0.717, 1.165) is 15.6 Å². The van der Waals surface area contributed by atoms with Gasteiger partial charge in [0, 0.05) is 4.43 Å². The SMILES string of the molecule is Cc1cc(CI)cc(C)c1OC(=O)C(C)(C)C. The number of aryl methyl sites for hydroxylation is 2. The molecule has 1 rings (SSSR count).